The van der Waals surface area contributed by atoms with Crippen LogP contribution in [0.3, 0.4) is 0 Å². The van der Waals surface area contributed by atoms with Gasteiger partial charge in [-0.25, -0.2) is 14.8 Å². The molecule has 0 spiro atoms. The van der Waals surface area contributed by atoms with Crippen molar-refractivity contribution < 1.29 is 37.3 Å². The summed E-state index contributed by atoms with van der Waals surface area (Å²) in [7, 11) is 1.60. The van der Waals surface area contributed by atoms with Crippen LogP contribution in [0.5, 0.6) is 5.88 Å². The van der Waals surface area contributed by atoms with Crippen molar-refractivity contribution in [3.8, 4) is 5.88 Å². The molecular formula is C19H25F3N4O5. The van der Waals surface area contributed by atoms with Crippen molar-refractivity contribution in [2.75, 3.05) is 38.3 Å². The SMILES string of the molecule is COc1cc(N2C[C@@H](C(=O)N3CCCC3)C[C@H]3OCC[C@H]32)ncn1.O=C(O)C(F)(F)F. The first-order chi connectivity index (χ1) is 14.7. The van der Waals surface area contributed by atoms with Crippen molar-refractivity contribution in [1.82, 2.24) is 14.9 Å². The monoisotopic (exact) mass is 446 g/mol. The third-order valence-corrected chi connectivity index (χ3v) is 5.65. The van der Waals surface area contributed by atoms with E-state index < -0.39 is 12.1 Å². The number of aliphatic carboxylic acids is 1. The van der Waals surface area contributed by atoms with Gasteiger partial charge >= 0.3 is 12.1 Å². The number of carbonyl (C=O) groups is 2. The number of ether oxygens (including phenoxy) is 2. The molecule has 12 heteroatoms. The third kappa shape index (κ3) is 5.54. The molecule has 4 rings (SSSR count). The van der Waals surface area contributed by atoms with Crippen molar-refractivity contribution in [3.05, 3.63) is 12.4 Å². The molecule has 1 aromatic heterocycles. The summed E-state index contributed by atoms with van der Waals surface area (Å²) in [5.74, 6) is -1.15. The minimum Gasteiger partial charge on any atom is -0.481 e. The third-order valence-electron chi connectivity index (χ3n) is 5.65. The lowest BCUT2D eigenvalue weighted by Crippen LogP contribution is -2.53. The van der Waals surface area contributed by atoms with Crippen molar-refractivity contribution in [1.29, 1.82) is 0 Å². The second kappa shape index (κ2) is 9.67. The van der Waals surface area contributed by atoms with Crippen LogP contribution in [0.25, 0.3) is 0 Å². The molecule has 1 aromatic rings. The van der Waals surface area contributed by atoms with E-state index in [0.717, 1.165) is 51.2 Å². The van der Waals surface area contributed by atoms with Crippen molar-refractivity contribution in [2.24, 2.45) is 5.92 Å². The van der Waals surface area contributed by atoms with Gasteiger partial charge in [0.2, 0.25) is 11.8 Å². The predicted molar refractivity (Wildman–Crippen MR) is 102 cm³/mol. The first-order valence-electron chi connectivity index (χ1n) is 10.0. The number of nitrogens with zero attached hydrogens (tertiary/aromatic N) is 4. The zero-order chi connectivity index (χ0) is 22.6. The Morgan fingerprint density at radius 1 is 1.26 bits per heavy atom. The van der Waals surface area contributed by atoms with Gasteiger partial charge in [0.25, 0.3) is 0 Å². The molecule has 3 fully saturated rings. The number of piperidine rings is 1. The van der Waals surface area contributed by atoms with Crippen LogP contribution in [-0.2, 0) is 14.3 Å². The highest BCUT2D eigenvalue weighted by molar-refractivity contribution is 5.80. The van der Waals surface area contributed by atoms with Gasteiger partial charge in [0.05, 0.1) is 25.2 Å². The highest BCUT2D eigenvalue weighted by Crippen LogP contribution is 2.35. The van der Waals surface area contributed by atoms with Crippen LogP contribution in [0.4, 0.5) is 19.0 Å². The molecule has 0 bridgehead atoms. The summed E-state index contributed by atoms with van der Waals surface area (Å²) in [5.41, 5.74) is 0. The van der Waals surface area contributed by atoms with Crippen molar-refractivity contribution in [3.63, 3.8) is 0 Å². The molecule has 0 aliphatic carbocycles. The Morgan fingerprint density at radius 3 is 2.55 bits per heavy atom. The first-order valence-corrected chi connectivity index (χ1v) is 10.0. The summed E-state index contributed by atoms with van der Waals surface area (Å²) in [6.07, 6.45) is 0.573. The van der Waals surface area contributed by atoms with Crippen LogP contribution in [0, 0.1) is 5.92 Å². The fraction of sp³-hybridized carbons (Fsp3) is 0.684. The lowest BCUT2D eigenvalue weighted by Gasteiger charge is -2.41. The molecule has 31 heavy (non-hydrogen) atoms. The number of aromatic nitrogens is 2. The molecule has 1 N–H and O–H groups in total. The number of carboxylic acids is 1. The molecular weight excluding hydrogens is 421 g/mol. The molecule has 3 aliphatic rings. The zero-order valence-corrected chi connectivity index (χ0v) is 17.0. The second-order valence-corrected chi connectivity index (χ2v) is 7.60. The number of amides is 1. The average molecular weight is 446 g/mol. The van der Waals surface area contributed by atoms with E-state index in [0.29, 0.717) is 12.4 Å². The number of fused-ring (bicyclic) bond motifs is 1. The highest BCUT2D eigenvalue weighted by Gasteiger charge is 2.44. The largest absolute Gasteiger partial charge is 0.490 e. The summed E-state index contributed by atoms with van der Waals surface area (Å²) < 4.78 is 42.9. The predicted octanol–water partition coefficient (Wildman–Crippen LogP) is 1.72. The molecule has 0 aromatic carbocycles. The fourth-order valence-corrected chi connectivity index (χ4v) is 4.18. The van der Waals surface area contributed by atoms with Crippen LogP contribution in [0.1, 0.15) is 25.7 Å². The van der Waals surface area contributed by atoms with Crippen LogP contribution in [-0.4, -0.2) is 83.5 Å². The lowest BCUT2D eigenvalue weighted by atomic mass is 9.89. The van der Waals surface area contributed by atoms with Gasteiger partial charge in [-0.3, -0.25) is 4.79 Å². The maximum absolute atomic E-state index is 12.9. The number of hydrogen-bond donors (Lipinski definition) is 1. The molecule has 0 saturated carbocycles. The molecule has 0 radical (unpaired) electrons. The Balaban J connectivity index is 0.000000339. The molecule has 9 nitrogen and oxygen atoms in total. The molecule has 0 unspecified atom stereocenters. The normalized spacial score (nSPS) is 25.5. The summed E-state index contributed by atoms with van der Waals surface area (Å²) in [6, 6.07) is 2.13. The van der Waals surface area contributed by atoms with E-state index in [1.54, 1.807) is 7.11 Å². The molecule has 3 saturated heterocycles. The molecule has 3 atom stereocenters. The van der Waals surface area contributed by atoms with Gasteiger partial charge in [0, 0.05) is 32.3 Å². The summed E-state index contributed by atoms with van der Waals surface area (Å²) in [5, 5.41) is 7.12. The quantitative estimate of drug-likeness (QED) is 0.749. The van der Waals surface area contributed by atoms with Gasteiger partial charge < -0.3 is 24.4 Å². The number of carboxylic acid groups (broad SMARTS) is 1. The van der Waals surface area contributed by atoms with Gasteiger partial charge in [-0.15, -0.1) is 0 Å². The molecule has 4 heterocycles. The highest BCUT2D eigenvalue weighted by atomic mass is 19.4. The smallest absolute Gasteiger partial charge is 0.481 e. The van der Waals surface area contributed by atoms with Crippen molar-refractivity contribution >= 4 is 17.7 Å². The minimum absolute atomic E-state index is 0.0246. The molecule has 172 valence electrons. The zero-order valence-electron chi connectivity index (χ0n) is 17.0. The van der Waals surface area contributed by atoms with E-state index in [-0.39, 0.29) is 24.0 Å². The average Bonchev–Trinajstić information content (AvgIpc) is 3.44. The minimum atomic E-state index is -5.08. The number of anilines is 1. The van der Waals surface area contributed by atoms with Gasteiger partial charge in [-0.2, -0.15) is 13.2 Å². The molecule has 3 aliphatic heterocycles. The van der Waals surface area contributed by atoms with Crippen LogP contribution >= 0.6 is 0 Å². The van der Waals surface area contributed by atoms with Gasteiger partial charge in [0.15, 0.2) is 0 Å². The van der Waals surface area contributed by atoms with Crippen LogP contribution in [0.15, 0.2) is 12.4 Å². The van der Waals surface area contributed by atoms with E-state index in [4.69, 9.17) is 19.4 Å². The number of halogens is 3. The van der Waals surface area contributed by atoms with E-state index in [2.05, 4.69) is 14.9 Å². The number of likely N-dealkylation sites (tertiary alicyclic amines) is 1. The van der Waals surface area contributed by atoms with E-state index in [1.165, 1.54) is 6.33 Å². The van der Waals surface area contributed by atoms with Crippen LogP contribution < -0.4 is 9.64 Å². The second-order valence-electron chi connectivity index (χ2n) is 7.60. The van der Waals surface area contributed by atoms with E-state index >= 15 is 0 Å². The summed E-state index contributed by atoms with van der Waals surface area (Å²) in [4.78, 5) is 34.5. The maximum atomic E-state index is 12.9. The first kappa shape index (κ1) is 23.0. The Morgan fingerprint density at radius 2 is 1.94 bits per heavy atom. The van der Waals surface area contributed by atoms with Gasteiger partial charge in [-0.05, 0) is 25.7 Å². The fourth-order valence-electron chi connectivity index (χ4n) is 4.18. The van der Waals surface area contributed by atoms with Gasteiger partial charge in [0.1, 0.15) is 12.1 Å². The Bertz CT molecular complexity index is 788. The number of rotatable bonds is 3. The summed E-state index contributed by atoms with van der Waals surface area (Å²) in [6.45, 7) is 3.23. The number of alkyl halides is 3. The van der Waals surface area contributed by atoms with Gasteiger partial charge in [-0.1, -0.05) is 0 Å². The lowest BCUT2D eigenvalue weighted by molar-refractivity contribution is -0.192. The summed E-state index contributed by atoms with van der Waals surface area (Å²) >= 11 is 0. The van der Waals surface area contributed by atoms with Crippen molar-refractivity contribution in [2.45, 2.75) is 44.0 Å². The Kier molecular flexibility index (Phi) is 7.19. The number of carbonyl (C=O) groups excluding carboxylic acids is 1. The van der Waals surface area contributed by atoms with Crippen LogP contribution in [0.2, 0.25) is 0 Å². The Hall–Kier alpha value is -2.63. The topological polar surface area (TPSA) is 105 Å². The molecule has 1 amide bonds. The van der Waals surface area contributed by atoms with E-state index in [9.17, 15) is 18.0 Å². The number of hydrogen-bond acceptors (Lipinski definition) is 7. The number of methoxy groups -OCH3 is 1. The standard InChI is InChI=1S/C17H24N4O3.C2HF3O2/c1-23-16-9-15(18-11-19-16)21-10-12(8-14-13(21)4-7-24-14)17(22)20-5-2-3-6-20;3-2(4,5)1(6)7/h9,11-14H,2-8,10H2,1H3;(H,6,7)/t12-,13+,14+;/m0./s1. The Labute approximate surface area is 177 Å². The maximum Gasteiger partial charge on any atom is 0.490 e. The van der Waals surface area contributed by atoms with E-state index in [1.807, 2.05) is 11.0 Å².